The van der Waals surface area contributed by atoms with E-state index in [2.05, 4.69) is 53.0 Å². The molecule has 0 aliphatic heterocycles. The summed E-state index contributed by atoms with van der Waals surface area (Å²) in [5.41, 5.74) is 0. The number of allylic oxidation sites excluding steroid dienone is 2. The summed E-state index contributed by atoms with van der Waals surface area (Å²) in [6.07, 6.45) is 7.05. The molecule has 0 aromatic rings. The molecular weight excluding hydrogens is 311 g/mol. The van der Waals surface area contributed by atoms with Gasteiger partial charge in [0.2, 0.25) is 0 Å². The van der Waals surface area contributed by atoms with Crippen LogP contribution in [0, 0.1) is 11.8 Å². The maximum atomic E-state index is 4.01. The summed E-state index contributed by atoms with van der Waals surface area (Å²) in [6, 6.07) is 0. The third-order valence-electron chi connectivity index (χ3n) is 4.11. The van der Waals surface area contributed by atoms with E-state index in [0.717, 1.165) is 11.8 Å². The third kappa shape index (κ3) is 6.69. The molecule has 1 heteroatoms. The van der Waals surface area contributed by atoms with E-state index >= 15 is 0 Å². The molecule has 0 aromatic heterocycles. The van der Waals surface area contributed by atoms with Crippen LogP contribution in [0.2, 0.25) is 17.7 Å². The van der Waals surface area contributed by atoms with Gasteiger partial charge in [-0.25, -0.2) is 0 Å². The SMILES string of the molecule is C=C[CH2][Sn]([CH2]C=C)([CH2][C@@H](C)CC)[CH2][C@@H](C)CC. The van der Waals surface area contributed by atoms with Crippen LogP contribution in [0.5, 0.6) is 0 Å². The molecule has 0 radical (unpaired) electrons. The van der Waals surface area contributed by atoms with Gasteiger partial charge in [0, 0.05) is 0 Å². The normalized spacial score (nSPS) is 15.3. The van der Waals surface area contributed by atoms with Crippen molar-refractivity contribution in [3.8, 4) is 0 Å². The second-order valence-electron chi connectivity index (χ2n) is 5.92. The van der Waals surface area contributed by atoms with E-state index in [9.17, 15) is 0 Å². The maximum absolute atomic E-state index is 4.01. The van der Waals surface area contributed by atoms with Gasteiger partial charge in [-0.2, -0.15) is 0 Å². The number of rotatable bonds is 10. The van der Waals surface area contributed by atoms with Crippen LogP contribution in [0.1, 0.15) is 40.5 Å². The summed E-state index contributed by atoms with van der Waals surface area (Å²) in [5, 5.41) is 0. The zero-order valence-electron chi connectivity index (χ0n) is 12.5. The molecule has 0 amide bonds. The average molecular weight is 343 g/mol. The third-order valence-corrected chi connectivity index (χ3v) is 19.6. The molecule has 0 spiro atoms. The van der Waals surface area contributed by atoms with Gasteiger partial charge in [0.1, 0.15) is 0 Å². The molecule has 0 N–H and O–H groups in total. The zero-order valence-corrected chi connectivity index (χ0v) is 15.3. The summed E-state index contributed by atoms with van der Waals surface area (Å²) in [4.78, 5) is 0. The number of hydrogen-bond acceptors (Lipinski definition) is 0. The summed E-state index contributed by atoms with van der Waals surface area (Å²) in [7, 11) is 0. The molecule has 100 valence electrons. The Hall–Kier alpha value is 0.279. The van der Waals surface area contributed by atoms with Gasteiger partial charge >= 0.3 is 114 Å². The van der Waals surface area contributed by atoms with Crippen molar-refractivity contribution in [2.45, 2.75) is 58.3 Å². The summed E-state index contributed by atoms with van der Waals surface area (Å²) >= 11 is -2.02. The molecule has 0 aromatic carbocycles. The van der Waals surface area contributed by atoms with Crippen molar-refractivity contribution in [2.24, 2.45) is 11.8 Å². The van der Waals surface area contributed by atoms with Crippen molar-refractivity contribution in [2.75, 3.05) is 0 Å². The van der Waals surface area contributed by atoms with Crippen molar-refractivity contribution in [3.63, 3.8) is 0 Å². The van der Waals surface area contributed by atoms with E-state index < -0.39 is 18.4 Å². The molecule has 0 heterocycles. The molecule has 0 aliphatic carbocycles. The fourth-order valence-electron chi connectivity index (χ4n) is 2.88. The molecular formula is C16H32Sn. The summed E-state index contributed by atoms with van der Waals surface area (Å²) < 4.78 is 5.73. The van der Waals surface area contributed by atoms with Crippen molar-refractivity contribution in [3.05, 3.63) is 25.3 Å². The first-order chi connectivity index (χ1) is 8.03. The summed E-state index contributed by atoms with van der Waals surface area (Å²) in [5.74, 6) is 1.80. The molecule has 0 aliphatic rings. The van der Waals surface area contributed by atoms with Crippen molar-refractivity contribution < 1.29 is 0 Å². The van der Waals surface area contributed by atoms with Gasteiger partial charge in [-0.1, -0.05) is 0 Å². The zero-order chi connectivity index (χ0) is 13.3. The molecule has 0 saturated carbocycles. The van der Waals surface area contributed by atoms with Gasteiger partial charge in [-0.05, 0) is 0 Å². The van der Waals surface area contributed by atoms with E-state index in [1.54, 1.807) is 0 Å². The molecule has 2 atom stereocenters. The molecule has 0 fully saturated rings. The second-order valence-corrected chi connectivity index (χ2v) is 19.1. The first-order valence-corrected chi connectivity index (χ1v) is 15.3. The van der Waals surface area contributed by atoms with E-state index in [1.807, 2.05) is 0 Å². The fraction of sp³-hybridized carbons (Fsp3) is 0.750. The van der Waals surface area contributed by atoms with Crippen molar-refractivity contribution in [1.29, 1.82) is 0 Å². The van der Waals surface area contributed by atoms with E-state index in [4.69, 9.17) is 0 Å². The topological polar surface area (TPSA) is 0 Å². The minimum atomic E-state index is -2.02. The monoisotopic (exact) mass is 344 g/mol. The van der Waals surface area contributed by atoms with E-state index in [-0.39, 0.29) is 0 Å². The fourth-order valence-corrected chi connectivity index (χ4v) is 19.3. The van der Waals surface area contributed by atoms with Crippen molar-refractivity contribution >= 4 is 18.4 Å². The Kier molecular flexibility index (Phi) is 9.39. The summed E-state index contributed by atoms with van der Waals surface area (Å²) in [6.45, 7) is 17.5. The first kappa shape index (κ1) is 17.3. The van der Waals surface area contributed by atoms with Gasteiger partial charge in [0.15, 0.2) is 0 Å². The van der Waals surface area contributed by atoms with Crippen molar-refractivity contribution in [1.82, 2.24) is 0 Å². The predicted molar refractivity (Wildman–Crippen MR) is 84.3 cm³/mol. The van der Waals surface area contributed by atoms with E-state index in [0.29, 0.717) is 0 Å². The Morgan fingerprint density at radius 3 is 1.47 bits per heavy atom. The van der Waals surface area contributed by atoms with Crippen LogP contribution in [0.4, 0.5) is 0 Å². The Morgan fingerprint density at radius 1 is 0.882 bits per heavy atom. The standard InChI is InChI=1S/2C5H11.2C3H5.Sn/c2*1-4-5(2)3;2*1-3-2;/h2*5H,2,4H2,1,3H3;2*3H,1-2H2;/t2*5-;;;/m00.../s1. The van der Waals surface area contributed by atoms with E-state index in [1.165, 1.54) is 30.6 Å². The van der Waals surface area contributed by atoms with Crippen LogP contribution in [-0.4, -0.2) is 18.4 Å². The van der Waals surface area contributed by atoms with Crippen LogP contribution in [-0.2, 0) is 0 Å². The Labute approximate surface area is 113 Å². The van der Waals surface area contributed by atoms with Gasteiger partial charge in [-0.3, -0.25) is 0 Å². The molecule has 0 saturated heterocycles. The van der Waals surface area contributed by atoms with Crippen LogP contribution in [0.15, 0.2) is 25.3 Å². The van der Waals surface area contributed by atoms with Crippen LogP contribution < -0.4 is 0 Å². The van der Waals surface area contributed by atoms with Gasteiger partial charge in [-0.15, -0.1) is 0 Å². The molecule has 0 bridgehead atoms. The molecule has 17 heavy (non-hydrogen) atoms. The Morgan fingerprint density at radius 2 is 1.24 bits per heavy atom. The molecule has 0 unspecified atom stereocenters. The minimum absolute atomic E-state index is 0.898. The quantitative estimate of drug-likeness (QED) is 0.342. The van der Waals surface area contributed by atoms with Crippen LogP contribution in [0.3, 0.4) is 0 Å². The van der Waals surface area contributed by atoms with Gasteiger partial charge in [0.05, 0.1) is 0 Å². The van der Waals surface area contributed by atoms with Gasteiger partial charge in [0.25, 0.3) is 0 Å². The Bertz CT molecular complexity index is 196. The molecule has 0 nitrogen and oxygen atoms in total. The predicted octanol–water partition coefficient (Wildman–Crippen LogP) is 5.90. The van der Waals surface area contributed by atoms with Gasteiger partial charge < -0.3 is 0 Å². The first-order valence-electron chi connectivity index (χ1n) is 7.25. The second kappa shape index (κ2) is 9.24. The molecule has 0 rings (SSSR count). The van der Waals surface area contributed by atoms with Crippen LogP contribution in [0.25, 0.3) is 0 Å². The average Bonchev–Trinajstić information content (AvgIpc) is 2.29. The Balaban J connectivity index is 4.81. The number of hydrogen-bond donors (Lipinski definition) is 0. The van der Waals surface area contributed by atoms with Crippen LogP contribution >= 0.6 is 0 Å².